The minimum Gasteiger partial charge on any atom is -0.454 e. The van der Waals surface area contributed by atoms with Crippen LogP contribution in [-0.4, -0.2) is 63.4 Å². The second-order valence-corrected chi connectivity index (χ2v) is 8.51. The third kappa shape index (κ3) is 6.69. The number of hydrogen-bond acceptors (Lipinski definition) is 7. The minimum atomic E-state index is -0.446. The number of nitrogens with one attached hydrogen (secondary N) is 2. The molecular formula is C24H32BN4O4. The molecule has 2 aliphatic rings. The maximum atomic E-state index is 13.1. The number of aromatic nitrogens is 1. The Morgan fingerprint density at radius 2 is 1.97 bits per heavy atom. The Morgan fingerprint density at radius 3 is 2.76 bits per heavy atom. The van der Waals surface area contributed by atoms with E-state index in [1.807, 2.05) is 30.3 Å². The fraction of sp³-hybridized carbons (Fsp3) is 0.500. The zero-order valence-electron chi connectivity index (χ0n) is 19.2. The number of nitrogens with zero attached hydrogens (tertiary/aromatic N) is 2. The van der Waals surface area contributed by atoms with E-state index in [-0.39, 0.29) is 12.7 Å². The predicted molar refractivity (Wildman–Crippen MR) is 126 cm³/mol. The number of carbonyl (C=O) groups excluding carboxylic acids is 1. The van der Waals surface area contributed by atoms with Crippen molar-refractivity contribution in [1.82, 2.24) is 20.4 Å². The first-order chi connectivity index (χ1) is 16.2. The first-order valence-corrected chi connectivity index (χ1v) is 11.6. The molecule has 1 saturated heterocycles. The van der Waals surface area contributed by atoms with Crippen LogP contribution in [0.2, 0.25) is 0 Å². The lowest BCUT2D eigenvalue weighted by molar-refractivity contribution is -0.123. The van der Waals surface area contributed by atoms with Gasteiger partial charge in [0.25, 0.3) is 0 Å². The molecule has 0 saturated carbocycles. The van der Waals surface area contributed by atoms with Gasteiger partial charge in [-0.15, -0.1) is 0 Å². The quantitative estimate of drug-likeness (QED) is 0.506. The van der Waals surface area contributed by atoms with E-state index in [0.29, 0.717) is 18.2 Å². The van der Waals surface area contributed by atoms with Crippen LogP contribution in [0, 0.1) is 5.92 Å². The summed E-state index contributed by atoms with van der Waals surface area (Å²) in [5, 5.41) is 6.58. The van der Waals surface area contributed by atoms with Crippen molar-refractivity contribution in [3.8, 4) is 11.5 Å². The van der Waals surface area contributed by atoms with E-state index in [2.05, 4.69) is 20.4 Å². The van der Waals surface area contributed by atoms with Gasteiger partial charge >= 0.3 is 7.62 Å². The van der Waals surface area contributed by atoms with Gasteiger partial charge in [-0.3, -0.25) is 9.78 Å². The second-order valence-electron chi connectivity index (χ2n) is 8.51. The van der Waals surface area contributed by atoms with Crippen LogP contribution in [0.15, 0.2) is 42.7 Å². The lowest BCUT2D eigenvalue weighted by Gasteiger charge is -2.31. The highest BCUT2D eigenvalue weighted by Gasteiger charge is 2.25. The smallest absolute Gasteiger partial charge is 0.398 e. The van der Waals surface area contributed by atoms with Crippen LogP contribution in [0.1, 0.15) is 36.4 Å². The first-order valence-electron chi connectivity index (χ1n) is 11.6. The number of piperidine rings is 1. The van der Waals surface area contributed by atoms with E-state index in [1.54, 1.807) is 27.1 Å². The highest BCUT2D eigenvalue weighted by molar-refractivity contribution is 6.23. The molecule has 1 amide bonds. The monoisotopic (exact) mass is 451 g/mol. The number of rotatable bonds is 11. The average molecular weight is 451 g/mol. The molecule has 8 nitrogen and oxygen atoms in total. The Kier molecular flexibility index (Phi) is 8.57. The molecule has 0 aliphatic carbocycles. The van der Waals surface area contributed by atoms with E-state index in [4.69, 9.17) is 14.1 Å². The summed E-state index contributed by atoms with van der Waals surface area (Å²) in [4.78, 5) is 19.4. The van der Waals surface area contributed by atoms with Crippen molar-refractivity contribution in [3.63, 3.8) is 0 Å². The van der Waals surface area contributed by atoms with E-state index in [0.717, 1.165) is 62.2 Å². The topological polar surface area (TPSA) is 85.0 Å². The van der Waals surface area contributed by atoms with Gasteiger partial charge in [0, 0.05) is 26.0 Å². The lowest BCUT2D eigenvalue weighted by Crippen LogP contribution is -2.40. The summed E-state index contributed by atoms with van der Waals surface area (Å²) in [6, 6.07) is 9.20. The first kappa shape index (κ1) is 23.5. The van der Waals surface area contributed by atoms with Gasteiger partial charge in [-0.2, -0.15) is 0 Å². The van der Waals surface area contributed by atoms with E-state index >= 15 is 0 Å². The number of amides is 1. The van der Waals surface area contributed by atoms with Gasteiger partial charge in [0.2, 0.25) is 12.7 Å². The number of pyridine rings is 1. The summed E-state index contributed by atoms with van der Waals surface area (Å²) in [5.74, 6) is 2.01. The van der Waals surface area contributed by atoms with Crippen molar-refractivity contribution in [3.05, 3.63) is 53.9 Å². The molecule has 0 bridgehead atoms. The predicted octanol–water partition coefficient (Wildman–Crippen LogP) is 2.08. The molecular weight excluding hydrogens is 419 g/mol. The van der Waals surface area contributed by atoms with Crippen LogP contribution < -0.4 is 20.1 Å². The average Bonchev–Trinajstić information content (AvgIpc) is 3.32. The molecule has 1 fully saturated rings. The van der Waals surface area contributed by atoms with Crippen LogP contribution in [0.5, 0.6) is 11.5 Å². The van der Waals surface area contributed by atoms with Crippen LogP contribution in [-0.2, 0) is 15.9 Å². The molecule has 1 radical (unpaired) electrons. The largest absolute Gasteiger partial charge is 0.454 e. The molecule has 9 heteroatoms. The zero-order chi connectivity index (χ0) is 22.9. The van der Waals surface area contributed by atoms with E-state index < -0.39 is 6.04 Å². The number of hydrogen-bond donors (Lipinski definition) is 2. The lowest BCUT2D eigenvalue weighted by atomic mass is 9.91. The summed E-state index contributed by atoms with van der Waals surface area (Å²) in [6.45, 7) is 3.59. The van der Waals surface area contributed by atoms with Crippen LogP contribution in [0.3, 0.4) is 0 Å². The summed E-state index contributed by atoms with van der Waals surface area (Å²) < 4.78 is 16.1. The third-order valence-electron chi connectivity index (χ3n) is 6.26. The number of benzene rings is 1. The zero-order valence-corrected chi connectivity index (χ0v) is 19.2. The van der Waals surface area contributed by atoms with Crippen molar-refractivity contribution < 1.29 is 18.9 Å². The standard InChI is InChI=1S/C24H32BN4O4/c1-31-25-29-14-8-19(9-15-29)6-12-27-23(20-2-3-21-22(16-20)33-17-32-21)24(30)28-13-7-18-4-10-26-11-5-18/h2-5,10-11,16,19,23,27H,6-9,12-15,17H2,1H3,(H,28,30). The number of fused-ring (bicyclic) bond motifs is 1. The van der Waals surface area contributed by atoms with Gasteiger partial charge in [-0.25, -0.2) is 0 Å². The van der Waals surface area contributed by atoms with E-state index in [1.165, 1.54) is 0 Å². The van der Waals surface area contributed by atoms with Crippen molar-refractivity contribution in [2.45, 2.75) is 31.7 Å². The van der Waals surface area contributed by atoms with Gasteiger partial charge in [-0.1, -0.05) is 6.07 Å². The maximum Gasteiger partial charge on any atom is 0.398 e. The Morgan fingerprint density at radius 1 is 1.18 bits per heavy atom. The maximum absolute atomic E-state index is 13.1. The molecule has 1 aromatic carbocycles. The highest BCUT2D eigenvalue weighted by Crippen LogP contribution is 2.34. The van der Waals surface area contributed by atoms with Crippen molar-refractivity contribution in [1.29, 1.82) is 0 Å². The summed E-state index contributed by atoms with van der Waals surface area (Å²) in [6.07, 6.45) is 7.60. The second kappa shape index (κ2) is 12.0. The van der Waals surface area contributed by atoms with Gasteiger partial charge in [0.15, 0.2) is 11.5 Å². The summed E-state index contributed by atoms with van der Waals surface area (Å²) in [7, 11) is 3.49. The Hall–Kier alpha value is -2.62. The fourth-order valence-corrected chi connectivity index (χ4v) is 4.36. The molecule has 2 N–H and O–H groups in total. The van der Waals surface area contributed by atoms with Crippen molar-refractivity contribution in [2.24, 2.45) is 5.92 Å². The van der Waals surface area contributed by atoms with Gasteiger partial charge < -0.3 is 29.6 Å². The van der Waals surface area contributed by atoms with Crippen LogP contribution >= 0.6 is 0 Å². The van der Waals surface area contributed by atoms with Crippen molar-refractivity contribution in [2.75, 3.05) is 40.1 Å². The van der Waals surface area contributed by atoms with Crippen LogP contribution in [0.4, 0.5) is 0 Å². The van der Waals surface area contributed by atoms with Crippen molar-refractivity contribution >= 4 is 13.5 Å². The molecule has 1 atom stereocenters. The molecule has 1 aromatic heterocycles. The van der Waals surface area contributed by atoms with Gasteiger partial charge in [-0.05, 0) is 86.6 Å². The number of ether oxygens (including phenoxy) is 2. The molecule has 2 aliphatic heterocycles. The molecule has 175 valence electrons. The van der Waals surface area contributed by atoms with E-state index in [9.17, 15) is 4.79 Å². The number of carbonyl (C=O) groups is 1. The molecule has 0 spiro atoms. The molecule has 4 rings (SSSR count). The van der Waals surface area contributed by atoms with Gasteiger partial charge in [0.05, 0.1) is 0 Å². The molecule has 1 unspecified atom stereocenters. The minimum absolute atomic E-state index is 0.0348. The third-order valence-corrected chi connectivity index (χ3v) is 6.26. The van der Waals surface area contributed by atoms with Crippen LogP contribution in [0.25, 0.3) is 0 Å². The molecule has 3 heterocycles. The fourth-order valence-electron chi connectivity index (χ4n) is 4.36. The molecule has 33 heavy (non-hydrogen) atoms. The summed E-state index contributed by atoms with van der Waals surface area (Å²) >= 11 is 0. The normalized spacial score (nSPS) is 17.0. The Labute approximate surface area is 196 Å². The Bertz CT molecular complexity index is 893. The highest BCUT2D eigenvalue weighted by atomic mass is 16.7. The Balaban J connectivity index is 1.33. The SMILES string of the molecule is CO[B]N1CCC(CCNC(C(=O)NCCc2ccncc2)c2ccc3c(c2)OCO3)CC1. The molecule has 2 aromatic rings. The van der Waals surface area contributed by atoms with Gasteiger partial charge in [0.1, 0.15) is 6.04 Å². The summed E-state index contributed by atoms with van der Waals surface area (Å²) in [5.41, 5.74) is 2.03.